The van der Waals surface area contributed by atoms with E-state index in [0.717, 1.165) is 6.42 Å². The van der Waals surface area contributed by atoms with Gasteiger partial charge in [0, 0.05) is 51.7 Å². The van der Waals surface area contributed by atoms with Gasteiger partial charge in [-0.05, 0) is 80.9 Å². The minimum atomic E-state index is -2.01. The molecule has 0 spiro atoms. The summed E-state index contributed by atoms with van der Waals surface area (Å²) in [7, 11) is 0. The van der Waals surface area contributed by atoms with Crippen LogP contribution in [0.1, 0.15) is 135 Å². The van der Waals surface area contributed by atoms with Crippen LogP contribution in [0.3, 0.4) is 0 Å². The largest absolute Gasteiger partial charge is 0.508 e. The third kappa shape index (κ3) is 45.7. The maximum absolute atomic E-state index is 14.6. The summed E-state index contributed by atoms with van der Waals surface area (Å²) in [5.41, 5.74) is 11.5. The second-order valence-corrected chi connectivity index (χ2v) is 28.0. The Morgan fingerprint density at radius 1 is 0.420 bits per heavy atom. The summed E-state index contributed by atoms with van der Waals surface area (Å²) in [6, 6.07) is -13.2. The smallest absolute Gasteiger partial charge is 0.328 e. The highest BCUT2D eigenvalue weighted by atomic mass is 16.5. The number of guanidine groups is 1. The van der Waals surface area contributed by atoms with Crippen LogP contribution in [0, 0.1) is 17.2 Å². The molecule has 1 aliphatic carbocycles. The highest BCUT2D eigenvalue weighted by Gasteiger charge is 2.38. The van der Waals surface area contributed by atoms with E-state index in [-0.39, 0.29) is 116 Å². The number of aliphatic carboxylic acids is 6. The van der Waals surface area contributed by atoms with Crippen molar-refractivity contribution >= 4 is 113 Å². The lowest BCUT2D eigenvalue weighted by atomic mass is 9.84. The van der Waals surface area contributed by atoms with Gasteiger partial charge in [0.25, 0.3) is 0 Å². The lowest BCUT2D eigenvalue weighted by Gasteiger charge is -2.29. The van der Waals surface area contributed by atoms with Crippen LogP contribution < -0.4 is 80.6 Å². The number of rotatable bonds is 63. The average Bonchev–Trinajstić information content (AvgIpc) is 0.850. The maximum Gasteiger partial charge on any atom is 0.328 e. The molecule has 0 aromatic heterocycles. The summed E-state index contributed by atoms with van der Waals surface area (Å²) in [5, 5.41) is 125. The number of amides is 12. The molecule has 0 bridgehead atoms. The van der Waals surface area contributed by atoms with Crippen LogP contribution in [-0.4, -0.2) is 311 Å². The molecule has 1 aromatic rings. The topological polar surface area (TPSA) is 759 Å². The van der Waals surface area contributed by atoms with Gasteiger partial charge in [0.2, 0.25) is 70.9 Å². The van der Waals surface area contributed by atoms with E-state index < -0.39 is 256 Å². The van der Waals surface area contributed by atoms with Gasteiger partial charge in [-0.15, -0.1) is 0 Å². The molecule has 119 heavy (non-hydrogen) atoms. The van der Waals surface area contributed by atoms with Gasteiger partial charge >= 0.3 is 35.8 Å². The van der Waals surface area contributed by atoms with Crippen molar-refractivity contribution in [2.45, 2.75) is 202 Å². The Hall–Kier alpha value is -11.5. The van der Waals surface area contributed by atoms with Gasteiger partial charge in [0.05, 0.1) is 65.3 Å². The van der Waals surface area contributed by atoms with Gasteiger partial charge in [-0.3, -0.25) is 86.9 Å². The summed E-state index contributed by atoms with van der Waals surface area (Å²) in [6.07, 6.45) is -2.91. The van der Waals surface area contributed by atoms with E-state index in [2.05, 4.69) is 63.8 Å². The number of nitrogens with two attached hydrogens (primary N) is 2. The van der Waals surface area contributed by atoms with Gasteiger partial charge in [0.1, 0.15) is 79.4 Å². The molecule has 0 saturated heterocycles. The number of hydrogen-bond acceptors (Lipinski definition) is 27. The van der Waals surface area contributed by atoms with Gasteiger partial charge in [-0.25, -0.2) is 4.79 Å². The second kappa shape index (κ2) is 57.5. The molecule has 27 N–H and O–H groups in total. The van der Waals surface area contributed by atoms with Crippen molar-refractivity contribution < 1.29 is 151 Å². The Bertz CT molecular complexity index is 3530. The number of phenols is 1. The zero-order valence-electron chi connectivity index (χ0n) is 66.1. The highest BCUT2D eigenvalue weighted by Crippen LogP contribution is 2.28. The van der Waals surface area contributed by atoms with Crippen molar-refractivity contribution in [3.05, 3.63) is 29.8 Å². The molecule has 0 heterocycles. The van der Waals surface area contributed by atoms with Crippen LogP contribution in [0.15, 0.2) is 24.3 Å². The highest BCUT2D eigenvalue weighted by molar-refractivity contribution is 5.99. The average molecular weight is 1700 g/mol. The number of benzene rings is 1. The van der Waals surface area contributed by atoms with Crippen molar-refractivity contribution in [1.82, 2.24) is 69.1 Å². The van der Waals surface area contributed by atoms with Gasteiger partial charge in [-0.2, -0.15) is 0 Å². The third-order valence-corrected chi connectivity index (χ3v) is 17.7. The molecule has 0 aliphatic heterocycles. The molecular formula is C72H114N16O31. The van der Waals surface area contributed by atoms with E-state index in [4.69, 9.17) is 46.0 Å². The number of carbonyl (C=O) groups excluding carboxylic acids is 12. The first-order valence-corrected chi connectivity index (χ1v) is 38.4. The van der Waals surface area contributed by atoms with Crippen molar-refractivity contribution in [3.63, 3.8) is 0 Å². The SMILES string of the molecule is CC(C)C[C@H](NC(=O)[C@H](Cc1ccc(O)cc1)NC(=O)[C@@H](CCCNC(=N)N)NC(=O)[C@@H](CO)NC(=O)[C@H](CCC(=O)O)NC(=O)[C@H](CC1CCCCC1)NC(=O)[C@H](CC(=O)O)NC(=O)COCCOCCNC(=O)COCCOCCNC(=O)[C@H](CCC(=O)O)NC(=O)[C@@H](N)CCC(=O)O)C(=O)N[C@@H](CCC(=O)O)C(=O)N[C@@H](CO)C(=O)O. The van der Waals surface area contributed by atoms with E-state index in [1.165, 1.54) is 24.3 Å². The fraction of sp³-hybridized carbons (Fsp3) is 0.653. The first kappa shape index (κ1) is 104. The molecule has 47 nitrogen and oxygen atoms in total. The number of aliphatic hydroxyl groups excluding tert-OH is 2. The number of phenolic OH excluding ortho intramolecular Hbond substituents is 1. The van der Waals surface area contributed by atoms with E-state index in [0.29, 0.717) is 31.2 Å². The van der Waals surface area contributed by atoms with Gasteiger partial charge < -0.3 is 145 Å². The quantitative estimate of drug-likeness (QED) is 0.0164. The predicted octanol–water partition coefficient (Wildman–Crippen LogP) is -7.31. The van der Waals surface area contributed by atoms with Crippen molar-refractivity contribution in [2.24, 2.45) is 23.3 Å². The first-order chi connectivity index (χ1) is 56.3. The number of hydrogen-bond donors (Lipinski definition) is 25. The Kier molecular flexibility index (Phi) is 50.1. The molecule has 668 valence electrons. The fourth-order valence-electron chi connectivity index (χ4n) is 11.5. The van der Waals surface area contributed by atoms with Crippen molar-refractivity contribution in [2.75, 3.05) is 85.7 Å². The minimum absolute atomic E-state index is 0.00471. The van der Waals surface area contributed by atoms with Gasteiger partial charge in [0.15, 0.2) is 5.96 Å². The standard InChI is InChI=1S/C72H114N16O31/c1-39(2)31-48(66(109)82-47(17-21-59(100)101)65(108)88-53(36-90)71(114)115)84-68(111)50(33-41-10-12-42(91)13-11-41)85-63(106)44(9-6-22-78-72(74)75)81-70(113)52(35-89)87-64(107)46(16-20-58(98)99)83-67(110)49(32-40-7-4-3-5-8-40)86-69(112)51(34-60(102)103)79-55(93)38-119-30-28-116-25-23-76-54(92)37-118-29-27-117-26-24-77-62(105)45(15-19-57(96)97)80-61(104)43(73)14-18-56(94)95/h10-13,39-40,43-53,89-91H,3-9,14-38,73H2,1-2H3,(H,76,92)(H,77,105)(H,79,93)(H,80,104)(H,81,113)(H,82,109)(H,83,110)(H,84,111)(H,85,106)(H,86,112)(H,87,107)(H,88,108)(H,94,95)(H,96,97)(H,98,99)(H,100,101)(H,102,103)(H,114,115)(H4,74,75,78)/t43-,44+,45-,46-,47-,48-,49-,50-,51-,52+,53-/m0/s1. The molecular weight excluding hydrogens is 1580 g/mol. The van der Waals surface area contributed by atoms with Gasteiger partial charge in [-0.1, -0.05) is 58.1 Å². The molecule has 1 saturated carbocycles. The van der Waals surface area contributed by atoms with Crippen LogP contribution >= 0.6 is 0 Å². The second-order valence-electron chi connectivity index (χ2n) is 28.0. The van der Waals surface area contributed by atoms with Crippen molar-refractivity contribution in [3.8, 4) is 5.75 Å². The Balaban J connectivity index is 2.21. The number of nitrogens with one attached hydrogen (secondary N) is 14. The Morgan fingerprint density at radius 2 is 0.824 bits per heavy atom. The number of aliphatic hydroxyl groups is 2. The van der Waals surface area contributed by atoms with Crippen LogP contribution in [-0.2, 0) is 112 Å². The molecule has 11 atom stereocenters. The van der Waals surface area contributed by atoms with E-state index >= 15 is 0 Å². The molecule has 2 rings (SSSR count). The molecule has 12 amide bonds. The zero-order valence-corrected chi connectivity index (χ0v) is 66.1. The molecule has 1 aliphatic rings. The van der Waals surface area contributed by atoms with Crippen LogP contribution in [0.5, 0.6) is 5.75 Å². The Labute approximate surface area is 683 Å². The fourth-order valence-corrected chi connectivity index (χ4v) is 11.5. The summed E-state index contributed by atoms with van der Waals surface area (Å²) in [4.78, 5) is 233. The number of carbonyl (C=O) groups is 18. The van der Waals surface area contributed by atoms with Crippen LogP contribution in [0.2, 0.25) is 0 Å². The molecule has 1 fully saturated rings. The lowest BCUT2D eigenvalue weighted by Crippen LogP contribution is -2.61. The normalized spacial score (nSPS) is 14.7. The minimum Gasteiger partial charge on any atom is -0.508 e. The number of carboxylic acids is 6. The first-order valence-electron chi connectivity index (χ1n) is 38.4. The number of aromatic hydroxyl groups is 1. The summed E-state index contributed by atoms with van der Waals surface area (Å²) in [5.74, 6) is -22.3. The Morgan fingerprint density at radius 3 is 1.32 bits per heavy atom. The molecule has 0 radical (unpaired) electrons. The maximum atomic E-state index is 14.6. The van der Waals surface area contributed by atoms with Crippen molar-refractivity contribution in [1.29, 1.82) is 5.41 Å². The predicted molar refractivity (Wildman–Crippen MR) is 410 cm³/mol. The lowest BCUT2D eigenvalue weighted by molar-refractivity contribution is -0.144. The number of carboxylic acid groups (broad SMARTS) is 6. The summed E-state index contributed by atoms with van der Waals surface area (Å²) in [6.45, 7) is -0.779. The zero-order chi connectivity index (χ0) is 89.1. The van der Waals surface area contributed by atoms with E-state index in [1.54, 1.807) is 13.8 Å². The molecule has 0 unspecified atom stereocenters. The van der Waals surface area contributed by atoms with Crippen LogP contribution in [0.4, 0.5) is 0 Å². The van der Waals surface area contributed by atoms with E-state index in [1.807, 2.05) is 5.32 Å². The summed E-state index contributed by atoms with van der Waals surface area (Å²) < 4.78 is 21.4. The third-order valence-electron chi connectivity index (χ3n) is 17.7. The molecule has 1 aromatic carbocycles. The summed E-state index contributed by atoms with van der Waals surface area (Å²) >= 11 is 0. The monoisotopic (exact) mass is 1700 g/mol. The van der Waals surface area contributed by atoms with Crippen LogP contribution in [0.25, 0.3) is 0 Å². The molecule has 47 heteroatoms. The number of ether oxygens (including phenoxy) is 4. The van der Waals surface area contributed by atoms with E-state index in [9.17, 15) is 122 Å².